The monoisotopic (exact) mass is 204 g/mol. The number of hydrogen-bond donors (Lipinski definition) is 1. The summed E-state index contributed by atoms with van der Waals surface area (Å²) >= 11 is 0. The Hall–Kier alpha value is -2.17. The zero-order valence-electron chi connectivity index (χ0n) is 7.98. The van der Waals surface area contributed by atoms with Gasteiger partial charge in [-0.25, -0.2) is 4.79 Å². The van der Waals surface area contributed by atoms with Gasteiger partial charge in [0.2, 0.25) is 0 Å². The smallest absolute Gasteiger partial charge is 0.379 e. The highest BCUT2D eigenvalue weighted by Gasteiger charge is 2.19. The van der Waals surface area contributed by atoms with E-state index in [0.29, 0.717) is 16.5 Å². The van der Waals surface area contributed by atoms with Crippen molar-refractivity contribution >= 4 is 22.7 Å². The molecule has 0 amide bonds. The maximum atomic E-state index is 11.5. The summed E-state index contributed by atoms with van der Waals surface area (Å²) in [7, 11) is 1.18. The quantitative estimate of drug-likeness (QED) is 0.448. The van der Waals surface area contributed by atoms with E-state index in [9.17, 15) is 9.59 Å². The van der Waals surface area contributed by atoms with Gasteiger partial charge in [-0.3, -0.25) is 9.78 Å². The number of aromatic nitrogens is 2. The minimum absolute atomic E-state index is 0.305. The van der Waals surface area contributed by atoms with Crippen molar-refractivity contribution < 1.29 is 14.3 Å². The Bertz CT molecular complexity index is 530. The molecule has 2 aromatic heterocycles. The number of nitrogens with zero attached hydrogens (tertiary/aromatic N) is 1. The Morgan fingerprint density at radius 3 is 3.00 bits per heavy atom. The van der Waals surface area contributed by atoms with E-state index in [2.05, 4.69) is 14.7 Å². The second-order valence-electron chi connectivity index (χ2n) is 2.94. The number of H-pyrrole nitrogens is 1. The molecule has 0 unspecified atom stereocenters. The summed E-state index contributed by atoms with van der Waals surface area (Å²) in [5.74, 6) is -1.53. The Morgan fingerprint density at radius 2 is 2.27 bits per heavy atom. The first-order chi connectivity index (χ1) is 7.24. The Morgan fingerprint density at radius 1 is 1.47 bits per heavy atom. The van der Waals surface area contributed by atoms with Crippen LogP contribution in [0.4, 0.5) is 0 Å². The third-order valence-corrected chi connectivity index (χ3v) is 2.10. The van der Waals surface area contributed by atoms with Gasteiger partial charge in [-0.2, -0.15) is 0 Å². The number of carbonyl (C=O) groups is 2. The van der Waals surface area contributed by atoms with E-state index in [0.717, 1.165) is 0 Å². The van der Waals surface area contributed by atoms with Gasteiger partial charge in [0.05, 0.1) is 24.4 Å². The molecular formula is C10H8N2O3. The lowest BCUT2D eigenvalue weighted by Crippen LogP contribution is -2.15. The number of nitrogens with one attached hydrogen (secondary N) is 1. The number of pyridine rings is 1. The van der Waals surface area contributed by atoms with Crippen molar-refractivity contribution in [2.45, 2.75) is 0 Å². The van der Waals surface area contributed by atoms with Gasteiger partial charge in [-0.1, -0.05) is 0 Å². The molecule has 76 valence electrons. The first kappa shape index (κ1) is 9.39. The van der Waals surface area contributed by atoms with Gasteiger partial charge in [0.15, 0.2) is 0 Å². The highest BCUT2D eigenvalue weighted by molar-refractivity contribution is 6.42. The highest BCUT2D eigenvalue weighted by Crippen LogP contribution is 2.17. The molecule has 0 spiro atoms. The van der Waals surface area contributed by atoms with Crippen molar-refractivity contribution in [2.24, 2.45) is 0 Å². The lowest BCUT2D eigenvalue weighted by Gasteiger charge is -1.96. The number of carbonyl (C=O) groups excluding carboxylic acids is 2. The van der Waals surface area contributed by atoms with Crippen molar-refractivity contribution in [1.29, 1.82) is 0 Å². The molecule has 0 aliphatic heterocycles. The molecule has 0 bridgehead atoms. The van der Waals surface area contributed by atoms with E-state index < -0.39 is 11.8 Å². The molecule has 2 rings (SSSR count). The molecule has 0 radical (unpaired) electrons. The van der Waals surface area contributed by atoms with E-state index >= 15 is 0 Å². The molecule has 0 aliphatic rings. The molecule has 0 saturated carbocycles. The molecule has 15 heavy (non-hydrogen) atoms. The van der Waals surface area contributed by atoms with Crippen LogP contribution in [0.15, 0.2) is 24.7 Å². The van der Waals surface area contributed by atoms with Crippen molar-refractivity contribution in [3.8, 4) is 0 Å². The first-order valence-corrected chi connectivity index (χ1v) is 4.28. The molecule has 2 aromatic rings. The van der Waals surface area contributed by atoms with E-state index in [1.807, 2.05) is 0 Å². The van der Waals surface area contributed by atoms with E-state index in [-0.39, 0.29) is 0 Å². The van der Waals surface area contributed by atoms with Crippen LogP contribution in [0.3, 0.4) is 0 Å². The number of ether oxygens (including phenoxy) is 1. The number of ketones is 1. The number of hydrogen-bond acceptors (Lipinski definition) is 4. The van der Waals surface area contributed by atoms with Crippen molar-refractivity contribution in [2.75, 3.05) is 7.11 Å². The van der Waals surface area contributed by atoms with Gasteiger partial charge < -0.3 is 9.72 Å². The van der Waals surface area contributed by atoms with Crippen LogP contribution in [0.2, 0.25) is 0 Å². The van der Waals surface area contributed by atoms with Crippen LogP contribution in [0.25, 0.3) is 10.9 Å². The lowest BCUT2D eigenvalue weighted by molar-refractivity contribution is -0.135. The summed E-state index contributed by atoms with van der Waals surface area (Å²) in [6.45, 7) is 0. The maximum Gasteiger partial charge on any atom is 0.379 e. The summed E-state index contributed by atoms with van der Waals surface area (Å²) in [6.07, 6.45) is 4.62. The van der Waals surface area contributed by atoms with Gasteiger partial charge >= 0.3 is 5.97 Å². The molecular weight excluding hydrogens is 196 g/mol. The lowest BCUT2D eigenvalue weighted by atomic mass is 10.1. The van der Waals surface area contributed by atoms with Gasteiger partial charge in [0.1, 0.15) is 0 Å². The van der Waals surface area contributed by atoms with Crippen LogP contribution in [-0.4, -0.2) is 28.8 Å². The first-order valence-electron chi connectivity index (χ1n) is 4.28. The summed E-state index contributed by atoms with van der Waals surface area (Å²) in [6, 6.07) is 1.67. The fourth-order valence-electron chi connectivity index (χ4n) is 1.36. The third-order valence-electron chi connectivity index (χ3n) is 2.10. The van der Waals surface area contributed by atoms with Crippen molar-refractivity contribution in [1.82, 2.24) is 9.97 Å². The number of Topliss-reactive ketones (excluding diaryl/α,β-unsaturated/α-hetero) is 1. The topological polar surface area (TPSA) is 72.1 Å². The summed E-state index contributed by atoms with van der Waals surface area (Å²) in [4.78, 5) is 29.3. The van der Waals surface area contributed by atoms with Gasteiger partial charge in [-0.15, -0.1) is 0 Å². The standard InChI is InChI=1S/C10H8N2O3/c1-15-10(14)9(13)7-4-12-8-5-11-3-2-6(7)8/h2-5,12H,1H3. The van der Waals surface area contributed by atoms with Crippen LogP contribution in [0, 0.1) is 0 Å². The molecule has 2 heterocycles. The predicted octanol–water partition coefficient (Wildman–Crippen LogP) is 0.919. The normalized spacial score (nSPS) is 10.2. The fraction of sp³-hybridized carbons (Fsp3) is 0.100. The van der Waals surface area contributed by atoms with E-state index in [4.69, 9.17) is 0 Å². The average molecular weight is 204 g/mol. The number of aromatic amines is 1. The Labute approximate surface area is 85.1 Å². The number of methoxy groups -OCH3 is 1. The zero-order valence-corrected chi connectivity index (χ0v) is 7.98. The van der Waals surface area contributed by atoms with Gasteiger partial charge in [0, 0.05) is 17.8 Å². The van der Waals surface area contributed by atoms with Crippen molar-refractivity contribution in [3.05, 3.63) is 30.2 Å². The summed E-state index contributed by atoms with van der Waals surface area (Å²) in [5.41, 5.74) is 1.02. The summed E-state index contributed by atoms with van der Waals surface area (Å²) in [5, 5.41) is 0.667. The molecule has 0 saturated heterocycles. The van der Waals surface area contributed by atoms with Crippen LogP contribution in [-0.2, 0) is 9.53 Å². The van der Waals surface area contributed by atoms with Crippen LogP contribution < -0.4 is 0 Å². The second kappa shape index (κ2) is 3.53. The minimum Gasteiger partial charge on any atom is -0.463 e. The largest absolute Gasteiger partial charge is 0.463 e. The zero-order chi connectivity index (χ0) is 10.8. The van der Waals surface area contributed by atoms with Crippen molar-refractivity contribution in [3.63, 3.8) is 0 Å². The highest BCUT2D eigenvalue weighted by atomic mass is 16.5. The maximum absolute atomic E-state index is 11.5. The third kappa shape index (κ3) is 1.48. The van der Waals surface area contributed by atoms with Gasteiger partial charge in [-0.05, 0) is 6.07 Å². The molecule has 5 nitrogen and oxygen atoms in total. The van der Waals surface area contributed by atoms with E-state index in [1.165, 1.54) is 13.3 Å². The average Bonchev–Trinajstić information content (AvgIpc) is 2.70. The Balaban J connectivity index is 2.53. The molecule has 0 fully saturated rings. The number of fused-ring (bicyclic) bond motifs is 1. The number of esters is 1. The van der Waals surface area contributed by atoms with Crippen LogP contribution in [0.1, 0.15) is 10.4 Å². The predicted molar refractivity (Wildman–Crippen MR) is 52.4 cm³/mol. The van der Waals surface area contributed by atoms with Crippen LogP contribution >= 0.6 is 0 Å². The van der Waals surface area contributed by atoms with E-state index in [1.54, 1.807) is 18.5 Å². The molecule has 0 aromatic carbocycles. The Kier molecular flexibility index (Phi) is 2.21. The molecule has 5 heteroatoms. The number of rotatable bonds is 2. The fourth-order valence-corrected chi connectivity index (χ4v) is 1.36. The second-order valence-corrected chi connectivity index (χ2v) is 2.94. The molecule has 0 aliphatic carbocycles. The molecule has 0 atom stereocenters. The SMILES string of the molecule is COC(=O)C(=O)c1c[nH]c2cnccc12. The summed E-state index contributed by atoms with van der Waals surface area (Å²) < 4.78 is 4.37. The van der Waals surface area contributed by atoms with Gasteiger partial charge in [0.25, 0.3) is 5.78 Å². The minimum atomic E-state index is -0.868. The van der Waals surface area contributed by atoms with Crippen LogP contribution in [0.5, 0.6) is 0 Å². The molecule has 1 N–H and O–H groups in total.